The van der Waals surface area contributed by atoms with Crippen LogP contribution in [0.25, 0.3) is 158 Å². The molecular weight excluding hydrogens is 1990 g/mol. The summed E-state index contributed by atoms with van der Waals surface area (Å²) >= 11 is 0. The average molecular weight is 2090 g/mol. The smallest absolute Gasteiger partial charge is 0.482 e. The van der Waals surface area contributed by atoms with Gasteiger partial charge in [-0.15, -0.1) is 64.8 Å². The summed E-state index contributed by atoms with van der Waals surface area (Å²) in [5.74, 6) is 3.04. The monoisotopic (exact) mass is 2090 g/mol. The van der Waals surface area contributed by atoms with E-state index in [0.717, 1.165) is 179 Å². The predicted octanol–water partition coefficient (Wildman–Crippen LogP) is 27.4. The molecule has 0 saturated carbocycles. The molecule has 14 heteroatoms. The number of imidazole rings is 2. The molecule has 19 aromatic rings. The third kappa shape index (κ3) is 17.0. The van der Waals surface area contributed by atoms with Crippen LogP contribution in [0.2, 0.25) is 0 Å². The number of hydrogen-bond donors (Lipinski definition) is 0. The number of nitrogens with zero attached hydrogens (tertiary/aromatic N) is 12. The van der Waals surface area contributed by atoms with Crippen LogP contribution in [-0.2, 0) is 63.8 Å². The van der Waals surface area contributed by atoms with Crippen LogP contribution in [0.1, 0.15) is 143 Å². The first-order chi connectivity index (χ1) is 62.9. The Hall–Kier alpha value is -13.6. The Balaban J connectivity index is 0.000000180. The number of fused-ring (bicyclic) bond motifs is 10. The maximum atomic E-state index is 5.89. The number of hydrogen-bond acceptors (Lipinski definition) is 5. The van der Waals surface area contributed by atoms with Crippen LogP contribution < -0.4 is 30.6 Å². The Morgan fingerprint density at radius 3 is 1.67 bits per heavy atom. The third-order valence-electron chi connectivity index (χ3n) is 25.5. The van der Waals surface area contributed by atoms with Crippen molar-refractivity contribution in [3.63, 3.8) is 0 Å². The first kappa shape index (κ1) is 89.9. The largest absolute Gasteiger partial charge is 2.00 e. The van der Waals surface area contributed by atoms with Crippen LogP contribution in [0.3, 0.4) is 0 Å². The molecule has 0 fully saturated rings. The molecule has 0 N–H and O–H groups in total. The minimum Gasteiger partial charge on any atom is -0.482 e. The summed E-state index contributed by atoms with van der Waals surface area (Å²) in [6.07, 6.45) is 10.6. The molecule has 0 amide bonds. The summed E-state index contributed by atoms with van der Waals surface area (Å²) in [6.45, 7) is 38.2. The van der Waals surface area contributed by atoms with Gasteiger partial charge in [-0.05, 0) is 211 Å². The van der Waals surface area contributed by atoms with Crippen LogP contribution in [0, 0.1) is 32.3 Å². The van der Waals surface area contributed by atoms with Crippen molar-refractivity contribution in [2.24, 2.45) is 4.99 Å². The summed E-state index contributed by atoms with van der Waals surface area (Å²) in [4.78, 5) is 28.5. The van der Waals surface area contributed by atoms with E-state index in [1.165, 1.54) is 27.8 Å². The van der Waals surface area contributed by atoms with E-state index in [2.05, 4.69) is 473 Å². The van der Waals surface area contributed by atoms with Crippen molar-refractivity contribution in [1.82, 2.24) is 38.2 Å². The number of para-hydroxylation sites is 7. The van der Waals surface area contributed by atoms with Gasteiger partial charge in [-0.2, -0.15) is 0 Å². The normalized spacial score (nSPS) is 12.6. The molecule has 0 aliphatic carbocycles. The number of benzene rings is 12. The van der Waals surface area contributed by atoms with Crippen molar-refractivity contribution in [2.75, 3.05) is 4.90 Å². The Morgan fingerprint density at radius 2 is 1.02 bits per heavy atom. The predicted molar refractivity (Wildman–Crippen MR) is 540 cm³/mol. The van der Waals surface area contributed by atoms with Crippen molar-refractivity contribution in [3.05, 3.63) is 401 Å². The second kappa shape index (κ2) is 35.2. The molecule has 2 aliphatic heterocycles. The van der Waals surface area contributed by atoms with E-state index < -0.39 is 0 Å². The molecule has 664 valence electrons. The molecule has 0 radical (unpaired) electrons. The second-order valence-corrected chi connectivity index (χ2v) is 39.8. The topological polar surface area (TPSA) is 106 Å². The zero-order valence-electron chi connectivity index (χ0n) is 78.3. The molecule has 133 heavy (non-hydrogen) atoms. The first-order valence-corrected chi connectivity index (χ1v) is 45.4. The van der Waals surface area contributed by atoms with Gasteiger partial charge in [0, 0.05) is 55.3 Å². The van der Waals surface area contributed by atoms with Crippen LogP contribution in [0.5, 0.6) is 0 Å². The number of anilines is 1. The first-order valence-electron chi connectivity index (χ1n) is 45.4. The Bertz CT molecular complexity index is 7830. The number of aryl methyl sites for hydroxylation is 2. The molecule has 12 aromatic carbocycles. The molecule has 0 atom stereocenters. The van der Waals surface area contributed by atoms with E-state index in [4.69, 9.17) is 30.2 Å². The Morgan fingerprint density at radius 1 is 0.451 bits per heavy atom. The summed E-state index contributed by atoms with van der Waals surface area (Å²) in [5, 5.41) is 9.11. The van der Waals surface area contributed by atoms with Gasteiger partial charge < -0.3 is 33.9 Å². The second-order valence-electron chi connectivity index (χ2n) is 39.8. The van der Waals surface area contributed by atoms with Gasteiger partial charge in [0.1, 0.15) is 5.69 Å². The quantitative estimate of drug-likeness (QED) is 0.0895. The van der Waals surface area contributed by atoms with Gasteiger partial charge in [0.05, 0.1) is 50.8 Å². The van der Waals surface area contributed by atoms with Crippen molar-refractivity contribution < 1.29 is 46.7 Å². The van der Waals surface area contributed by atoms with E-state index in [1.54, 1.807) is 0 Å². The van der Waals surface area contributed by atoms with Gasteiger partial charge in [0.25, 0.3) is 6.33 Å². The summed E-state index contributed by atoms with van der Waals surface area (Å²) in [6, 6.07) is 119. The summed E-state index contributed by atoms with van der Waals surface area (Å²) in [7, 11) is 0. The van der Waals surface area contributed by atoms with E-state index >= 15 is 0 Å². The minimum atomic E-state index is -0.289. The van der Waals surface area contributed by atoms with E-state index in [9.17, 15) is 0 Å². The SMILES string of the molecule is CC(C)(C)c1cc[c-]c(-c2cc(-c3ccccc3)cc(=Nc3cc(C(C)(C)C)cc(-c4nc5ccccc5n4-c4ccc(C(C)(C)C)cc4-c4ccccc4)n3)[n-]2)c1.Cc1cccc(C)c1-n1c2c(c3c1=CN(C(C)(C)C)c1ccc(-n4[c-][n+](-c5c(-c6ccccc6)cccc5-c5ccccc5)c5ccccc54)[c-]c1-3)[N-]c1c(c3ccccc3n1-c1cc(C(C)(C)C)ccn1)C=2.[Pt+2].[Pt]. The molecule has 21 rings (SSSR count). The third-order valence-corrected chi connectivity index (χ3v) is 25.5. The van der Waals surface area contributed by atoms with E-state index in [0.29, 0.717) is 11.3 Å². The van der Waals surface area contributed by atoms with Crippen molar-refractivity contribution in [3.8, 4) is 107 Å². The van der Waals surface area contributed by atoms with Gasteiger partial charge in [0.15, 0.2) is 5.82 Å². The molecule has 0 unspecified atom stereocenters. The van der Waals surface area contributed by atoms with Gasteiger partial charge in [-0.3, -0.25) is 14.1 Å². The maximum absolute atomic E-state index is 5.89. The van der Waals surface area contributed by atoms with Crippen molar-refractivity contribution in [1.29, 1.82) is 0 Å². The fraction of sp³-hybridized carbons (Fsp3) is 0.185. The standard InChI is InChI=1S/C66H55N7.C53H51N5.2Pt/c1-42-21-19-22-43(2)62(42)72-57-39-51-50-27-15-16-30-54(50)73(59-37-46(35-36-67-59)65(3,4)5)64(51)68-61(57)60-52-38-47(33-34-53(52)71(40-58(60)72)66(6,7)8)69-41-70(56-32-18-17-31-55(56)69)63-48(44-23-11-9-12-24-44)28-20-29-49(63)45-25-13-10-14-26-45;1-51(2,3)39-24-18-23-37(29-39)44-30-38(35-19-12-10-13-20-35)31-48(54-44)57-49-34-41(53(7,8)9)33-45(55-49)50-56-43-25-16-17-26-47(43)58(50)46-28-27-40(52(4,5)6)32-42(46)36-21-14-11-15-22-36;;/h9-37,39-40H,1-8H3;10-22,24-34H,1-9H3;;/q2*-2;;+2. The fourth-order valence-electron chi connectivity index (χ4n) is 18.5. The van der Waals surface area contributed by atoms with Gasteiger partial charge in [-0.1, -0.05) is 336 Å². The fourth-order valence-corrected chi connectivity index (χ4v) is 18.5. The van der Waals surface area contributed by atoms with Crippen LogP contribution in [0.4, 0.5) is 23.0 Å². The van der Waals surface area contributed by atoms with E-state index in [1.807, 2.05) is 24.4 Å². The number of aromatic nitrogens is 9. The molecule has 9 heterocycles. The zero-order valence-corrected chi connectivity index (χ0v) is 82.8. The zero-order chi connectivity index (χ0) is 90.7. The molecule has 7 aromatic heterocycles. The molecule has 2 aliphatic rings. The average Bonchev–Trinajstić information content (AvgIpc) is 1.53. The molecule has 0 saturated heterocycles. The van der Waals surface area contributed by atoms with Gasteiger partial charge in [0.2, 0.25) is 0 Å². The van der Waals surface area contributed by atoms with Crippen LogP contribution >= 0.6 is 0 Å². The summed E-state index contributed by atoms with van der Waals surface area (Å²) < 4.78 is 11.4. The molecule has 12 nitrogen and oxygen atoms in total. The van der Waals surface area contributed by atoms with Crippen LogP contribution in [0.15, 0.2) is 327 Å². The van der Waals surface area contributed by atoms with Crippen molar-refractivity contribution >= 4 is 68.3 Å². The van der Waals surface area contributed by atoms with Gasteiger partial charge >= 0.3 is 21.1 Å². The maximum Gasteiger partial charge on any atom is 2.00 e. The minimum absolute atomic E-state index is 0. The van der Waals surface area contributed by atoms with Crippen LogP contribution in [-0.4, -0.2) is 38.8 Å². The number of pyridine rings is 3. The summed E-state index contributed by atoms with van der Waals surface area (Å²) in [5.41, 5.74) is 32.8. The van der Waals surface area contributed by atoms with Gasteiger partial charge in [-0.25, -0.2) is 9.97 Å². The number of rotatable bonds is 12. The van der Waals surface area contributed by atoms with E-state index in [-0.39, 0.29) is 69.3 Å². The molecule has 0 spiro atoms. The molecule has 0 bridgehead atoms. The Labute approximate surface area is 809 Å². The van der Waals surface area contributed by atoms with Crippen molar-refractivity contribution in [2.45, 2.75) is 145 Å². The molecular formula is C119H106N12Pt2-2. The Kier molecular flexibility index (Phi) is 23.8.